The summed E-state index contributed by atoms with van der Waals surface area (Å²) in [6.07, 6.45) is -0.419. The van der Waals surface area contributed by atoms with E-state index in [0.717, 1.165) is 0 Å². The summed E-state index contributed by atoms with van der Waals surface area (Å²) in [7, 11) is 0. The van der Waals surface area contributed by atoms with Gasteiger partial charge in [-0.3, -0.25) is 9.59 Å². The highest BCUT2D eigenvalue weighted by atomic mass is 32.2. The molecule has 11 heteroatoms. The van der Waals surface area contributed by atoms with E-state index >= 15 is 0 Å². The van der Waals surface area contributed by atoms with Gasteiger partial charge in [0.05, 0.1) is 29.7 Å². The molecule has 0 saturated carbocycles. The Labute approximate surface area is 194 Å². The summed E-state index contributed by atoms with van der Waals surface area (Å²) >= 11 is 1.36. The summed E-state index contributed by atoms with van der Waals surface area (Å²) in [5, 5.41) is 34.6. The molecule has 1 aromatic rings. The topological polar surface area (TPSA) is 156 Å². The highest BCUT2D eigenvalue weighted by molar-refractivity contribution is 8.03. The van der Waals surface area contributed by atoms with E-state index in [1.807, 2.05) is 6.92 Å². The molecule has 0 radical (unpaired) electrons. The van der Waals surface area contributed by atoms with Gasteiger partial charge in [0, 0.05) is 28.3 Å². The fraction of sp³-hybridized carbons (Fsp3) is 0.455. The molecule has 0 spiro atoms. The molecule has 2 saturated heterocycles. The Bertz CT molecular complexity index is 1060. The molecule has 5 N–H and O–H groups in total. The standard InChI is InChI=1S/C22H25N3O7S/c1-9-16-15(10(2)26)20(28)25(16)17(22(31)32)18(9)33-13-7-14(23-8-13)19(27)24-12-5-3-4-11(6-12)21(29)30/h3-6,9-10,13-16,23,26H,7-8H2,1-2H3,(H,24,27)(H,29,30)(H,31,32)/t9-,10-,13+,14+,15+,16-/m1/s1. The van der Waals surface area contributed by atoms with Gasteiger partial charge in [-0.05, 0) is 31.5 Å². The van der Waals surface area contributed by atoms with Gasteiger partial charge >= 0.3 is 11.9 Å². The maximum Gasteiger partial charge on any atom is 0.353 e. The number of aliphatic hydroxyl groups is 1. The van der Waals surface area contributed by atoms with Crippen molar-refractivity contribution in [1.82, 2.24) is 10.2 Å². The minimum atomic E-state index is -1.18. The largest absolute Gasteiger partial charge is 0.478 e. The van der Waals surface area contributed by atoms with E-state index in [-0.39, 0.29) is 40.3 Å². The molecule has 0 aromatic heterocycles. The van der Waals surface area contributed by atoms with Crippen LogP contribution in [0.1, 0.15) is 30.6 Å². The van der Waals surface area contributed by atoms with Crippen molar-refractivity contribution in [3.05, 3.63) is 40.4 Å². The summed E-state index contributed by atoms with van der Waals surface area (Å²) in [4.78, 5) is 50.1. The first-order valence-corrected chi connectivity index (χ1v) is 11.5. The number of hydrogen-bond donors (Lipinski definition) is 5. The molecule has 3 aliphatic rings. The Hall–Kier alpha value is -2.89. The van der Waals surface area contributed by atoms with E-state index in [4.69, 9.17) is 5.11 Å². The van der Waals surface area contributed by atoms with Crippen LogP contribution < -0.4 is 10.6 Å². The lowest BCUT2D eigenvalue weighted by Gasteiger charge is -2.46. The third kappa shape index (κ3) is 4.11. The lowest BCUT2D eigenvalue weighted by Crippen LogP contribution is -2.63. The fourth-order valence-corrected chi connectivity index (χ4v) is 6.29. The number of hydrogen-bond acceptors (Lipinski definition) is 7. The number of carbonyl (C=O) groups is 4. The third-order valence-corrected chi connectivity index (χ3v) is 7.90. The molecule has 0 aliphatic carbocycles. The minimum Gasteiger partial charge on any atom is -0.478 e. The van der Waals surface area contributed by atoms with Gasteiger partial charge in [-0.1, -0.05) is 13.0 Å². The predicted octanol–water partition coefficient (Wildman–Crippen LogP) is 0.941. The molecule has 3 heterocycles. The van der Waals surface area contributed by atoms with Crippen LogP contribution in [0.5, 0.6) is 0 Å². The molecule has 2 fully saturated rings. The number of thioether (sulfide) groups is 1. The van der Waals surface area contributed by atoms with Crippen molar-refractivity contribution in [3.8, 4) is 0 Å². The lowest BCUT2D eigenvalue weighted by atomic mass is 9.79. The summed E-state index contributed by atoms with van der Waals surface area (Å²) < 4.78 is 0. The molecule has 4 rings (SSSR count). The number of fused-ring (bicyclic) bond motifs is 1. The number of nitrogens with one attached hydrogen (secondary N) is 2. The molecular weight excluding hydrogens is 450 g/mol. The van der Waals surface area contributed by atoms with Crippen LogP contribution in [0.2, 0.25) is 0 Å². The average molecular weight is 476 g/mol. The SMILES string of the molecule is C[C@@H](O)[C@@H]1C(=O)N2C(C(=O)O)=C(S[C@@H]3CN[C@H](C(=O)Nc4cccc(C(=O)O)c4)C3)[C@H](C)[C@H]12. The maximum atomic E-state index is 12.7. The number of aliphatic hydroxyl groups excluding tert-OH is 1. The van der Waals surface area contributed by atoms with Crippen molar-refractivity contribution in [2.24, 2.45) is 11.8 Å². The molecule has 3 aliphatic heterocycles. The van der Waals surface area contributed by atoms with Crippen molar-refractivity contribution >= 4 is 41.2 Å². The molecule has 10 nitrogen and oxygen atoms in total. The molecule has 33 heavy (non-hydrogen) atoms. The van der Waals surface area contributed by atoms with Crippen molar-refractivity contribution in [2.75, 3.05) is 11.9 Å². The van der Waals surface area contributed by atoms with Crippen LogP contribution in [0.3, 0.4) is 0 Å². The average Bonchev–Trinajstić information content (AvgIpc) is 3.30. The smallest absolute Gasteiger partial charge is 0.353 e. The summed E-state index contributed by atoms with van der Waals surface area (Å²) in [6.45, 7) is 3.87. The number of aliphatic carboxylic acids is 1. The lowest BCUT2D eigenvalue weighted by molar-refractivity contribution is -0.163. The third-order valence-electron chi connectivity index (χ3n) is 6.39. The van der Waals surface area contributed by atoms with Gasteiger partial charge in [0.25, 0.3) is 0 Å². The summed E-state index contributed by atoms with van der Waals surface area (Å²) in [5.74, 6) is -3.79. The van der Waals surface area contributed by atoms with E-state index in [2.05, 4.69) is 10.6 Å². The molecule has 1 aromatic carbocycles. The quantitative estimate of drug-likeness (QED) is 0.362. The van der Waals surface area contributed by atoms with E-state index < -0.39 is 30.0 Å². The van der Waals surface area contributed by atoms with Gasteiger partial charge in [0.1, 0.15) is 5.70 Å². The molecular formula is C22H25N3O7S. The van der Waals surface area contributed by atoms with Gasteiger partial charge in [-0.2, -0.15) is 0 Å². The van der Waals surface area contributed by atoms with Gasteiger partial charge in [0.2, 0.25) is 11.8 Å². The molecule has 6 atom stereocenters. The molecule has 176 valence electrons. The Kier molecular flexibility index (Phi) is 6.21. The van der Waals surface area contributed by atoms with E-state index in [1.165, 1.54) is 35.7 Å². The van der Waals surface area contributed by atoms with Crippen molar-refractivity contribution in [1.29, 1.82) is 0 Å². The number of nitrogens with zero attached hydrogens (tertiary/aromatic N) is 1. The maximum absolute atomic E-state index is 12.7. The summed E-state index contributed by atoms with van der Waals surface area (Å²) in [5.41, 5.74) is 0.418. The van der Waals surface area contributed by atoms with Gasteiger partial charge < -0.3 is 30.9 Å². The van der Waals surface area contributed by atoms with Crippen molar-refractivity contribution in [2.45, 2.75) is 43.7 Å². The number of benzene rings is 1. The first-order valence-electron chi connectivity index (χ1n) is 10.6. The predicted molar refractivity (Wildman–Crippen MR) is 119 cm³/mol. The minimum absolute atomic E-state index is 0.0298. The fourth-order valence-electron chi connectivity index (χ4n) is 4.81. The van der Waals surface area contributed by atoms with Crippen molar-refractivity contribution in [3.63, 3.8) is 0 Å². The Morgan fingerprint density at radius 3 is 2.61 bits per heavy atom. The Morgan fingerprint density at radius 2 is 1.97 bits per heavy atom. The number of carbonyl (C=O) groups excluding carboxylic acids is 2. The van der Waals surface area contributed by atoms with Gasteiger partial charge in [-0.25, -0.2) is 9.59 Å². The first-order chi connectivity index (χ1) is 15.6. The number of β-lactam (4-membered cyclic amide) rings is 1. The molecule has 2 amide bonds. The first kappa shape index (κ1) is 23.3. The highest BCUT2D eigenvalue weighted by Gasteiger charge is 2.60. The van der Waals surface area contributed by atoms with E-state index in [9.17, 15) is 29.4 Å². The second-order valence-electron chi connectivity index (χ2n) is 8.58. The normalized spacial score (nSPS) is 29.5. The van der Waals surface area contributed by atoms with Crippen molar-refractivity contribution < 1.29 is 34.5 Å². The van der Waals surface area contributed by atoms with Crippen LogP contribution in [0.4, 0.5) is 5.69 Å². The number of amides is 2. The van der Waals surface area contributed by atoms with Crippen LogP contribution in [0.25, 0.3) is 0 Å². The van der Waals surface area contributed by atoms with Gasteiger partial charge in [-0.15, -0.1) is 11.8 Å². The summed E-state index contributed by atoms with van der Waals surface area (Å²) in [6, 6.07) is 5.07. The van der Waals surface area contributed by atoms with E-state index in [0.29, 0.717) is 23.6 Å². The van der Waals surface area contributed by atoms with Crippen LogP contribution in [0.15, 0.2) is 34.9 Å². The van der Waals surface area contributed by atoms with Gasteiger partial charge in [0.15, 0.2) is 0 Å². The zero-order valence-corrected chi connectivity index (χ0v) is 18.8. The molecule has 0 unspecified atom stereocenters. The van der Waals surface area contributed by atoms with Crippen LogP contribution in [-0.4, -0.2) is 74.0 Å². The number of rotatable bonds is 7. The van der Waals surface area contributed by atoms with Crippen LogP contribution in [0, 0.1) is 11.8 Å². The molecule has 0 bridgehead atoms. The zero-order valence-electron chi connectivity index (χ0n) is 18.0. The van der Waals surface area contributed by atoms with Crippen LogP contribution in [-0.2, 0) is 14.4 Å². The second-order valence-corrected chi connectivity index (χ2v) is 9.93. The number of carboxylic acids is 2. The van der Waals surface area contributed by atoms with E-state index in [1.54, 1.807) is 12.1 Å². The van der Waals surface area contributed by atoms with Crippen LogP contribution >= 0.6 is 11.8 Å². The Balaban J connectivity index is 1.43. The Morgan fingerprint density at radius 1 is 1.24 bits per heavy atom. The highest BCUT2D eigenvalue weighted by Crippen LogP contribution is 2.51. The zero-order chi connectivity index (χ0) is 24.0. The number of carboxylic acid groups (broad SMARTS) is 2. The monoisotopic (exact) mass is 475 g/mol. The number of anilines is 1. The number of aromatic carboxylic acids is 1. The second kappa shape index (κ2) is 8.81.